The highest BCUT2D eigenvalue weighted by molar-refractivity contribution is 6.02. The van der Waals surface area contributed by atoms with Gasteiger partial charge in [-0.3, -0.25) is 15.5 Å². The Balaban J connectivity index is 1.83. The molecule has 0 aliphatic heterocycles. The Kier molecular flexibility index (Phi) is 4.01. The summed E-state index contributed by atoms with van der Waals surface area (Å²) in [5.74, 6) is 0. The van der Waals surface area contributed by atoms with Crippen molar-refractivity contribution in [1.82, 2.24) is 0 Å². The molecule has 0 aliphatic rings. The van der Waals surface area contributed by atoms with Gasteiger partial charge in [0.2, 0.25) is 0 Å². The highest BCUT2D eigenvalue weighted by Crippen LogP contribution is 2.18. The summed E-state index contributed by atoms with van der Waals surface area (Å²) in [5, 5.41) is 17.4. The number of hydrazone groups is 1. The van der Waals surface area contributed by atoms with Gasteiger partial charge in [0, 0.05) is 12.1 Å². The van der Waals surface area contributed by atoms with Gasteiger partial charge in [0.1, 0.15) is 0 Å². The van der Waals surface area contributed by atoms with E-state index in [0.717, 1.165) is 16.7 Å². The topological polar surface area (TPSA) is 67.5 Å². The molecule has 0 saturated heterocycles. The minimum Gasteiger partial charge on any atom is -0.278 e. The summed E-state index contributed by atoms with van der Waals surface area (Å²) in [6.45, 7) is 1.90. The van der Waals surface area contributed by atoms with Gasteiger partial charge in [-0.05, 0) is 35.4 Å². The van der Waals surface area contributed by atoms with E-state index in [1.54, 1.807) is 12.1 Å². The summed E-state index contributed by atoms with van der Waals surface area (Å²) in [5.41, 5.74) is 5.30. The number of nitrogens with one attached hydrogen (secondary N) is 1. The Morgan fingerprint density at radius 2 is 1.78 bits per heavy atom. The predicted molar refractivity (Wildman–Crippen MR) is 92.9 cm³/mol. The van der Waals surface area contributed by atoms with Crippen molar-refractivity contribution >= 4 is 27.9 Å². The van der Waals surface area contributed by atoms with E-state index in [0.29, 0.717) is 5.69 Å². The highest BCUT2D eigenvalue weighted by atomic mass is 16.6. The number of hydrogen-bond donors (Lipinski definition) is 1. The summed E-state index contributed by atoms with van der Waals surface area (Å²) >= 11 is 0. The SMILES string of the molecule is C/C(=N\Nc1cccc([N+](=O)[O-])c1)c1ccc2ccccc2c1. The second-order valence-corrected chi connectivity index (χ2v) is 5.18. The predicted octanol–water partition coefficient (Wildman–Crippen LogP) is 4.58. The molecule has 0 fully saturated rings. The Morgan fingerprint density at radius 3 is 2.57 bits per heavy atom. The molecule has 5 nitrogen and oxygen atoms in total. The van der Waals surface area contributed by atoms with E-state index in [2.05, 4.69) is 34.8 Å². The summed E-state index contributed by atoms with van der Waals surface area (Å²) in [6.07, 6.45) is 0. The molecule has 5 heteroatoms. The van der Waals surface area contributed by atoms with Crippen molar-refractivity contribution in [3.63, 3.8) is 0 Å². The lowest BCUT2D eigenvalue weighted by Gasteiger charge is -2.05. The highest BCUT2D eigenvalue weighted by Gasteiger charge is 2.05. The molecule has 114 valence electrons. The Bertz CT molecular complexity index is 903. The van der Waals surface area contributed by atoms with Crippen LogP contribution in [0.5, 0.6) is 0 Å². The van der Waals surface area contributed by atoms with E-state index in [4.69, 9.17) is 0 Å². The fourth-order valence-electron chi connectivity index (χ4n) is 2.32. The molecule has 3 aromatic carbocycles. The Morgan fingerprint density at radius 1 is 1.00 bits per heavy atom. The van der Waals surface area contributed by atoms with Crippen LogP contribution in [0.2, 0.25) is 0 Å². The molecule has 0 unspecified atom stereocenters. The van der Waals surface area contributed by atoms with Gasteiger partial charge in [-0.25, -0.2) is 0 Å². The maximum absolute atomic E-state index is 10.8. The van der Waals surface area contributed by atoms with Crippen molar-refractivity contribution in [2.24, 2.45) is 5.10 Å². The van der Waals surface area contributed by atoms with Crippen LogP contribution in [0.15, 0.2) is 71.8 Å². The van der Waals surface area contributed by atoms with E-state index in [9.17, 15) is 10.1 Å². The molecule has 0 atom stereocenters. The van der Waals surface area contributed by atoms with Gasteiger partial charge in [-0.2, -0.15) is 5.10 Å². The first-order valence-corrected chi connectivity index (χ1v) is 7.17. The van der Waals surface area contributed by atoms with Gasteiger partial charge < -0.3 is 0 Å². The van der Waals surface area contributed by atoms with Crippen molar-refractivity contribution in [2.45, 2.75) is 6.92 Å². The molecular formula is C18H15N3O2. The van der Waals surface area contributed by atoms with Crippen LogP contribution in [-0.4, -0.2) is 10.6 Å². The lowest BCUT2D eigenvalue weighted by molar-refractivity contribution is -0.384. The lowest BCUT2D eigenvalue weighted by Crippen LogP contribution is -2.00. The zero-order valence-corrected chi connectivity index (χ0v) is 12.6. The van der Waals surface area contributed by atoms with Crippen molar-refractivity contribution < 1.29 is 4.92 Å². The average molecular weight is 305 g/mol. The number of nitro benzene ring substituents is 1. The van der Waals surface area contributed by atoms with Crippen LogP contribution in [0.25, 0.3) is 10.8 Å². The molecule has 0 aliphatic carbocycles. The molecular weight excluding hydrogens is 290 g/mol. The van der Waals surface area contributed by atoms with Crippen molar-refractivity contribution in [3.05, 3.63) is 82.4 Å². The van der Waals surface area contributed by atoms with E-state index >= 15 is 0 Å². The number of rotatable bonds is 4. The maximum Gasteiger partial charge on any atom is 0.271 e. The van der Waals surface area contributed by atoms with Crippen LogP contribution in [0.3, 0.4) is 0 Å². The van der Waals surface area contributed by atoms with E-state index < -0.39 is 4.92 Å². The second-order valence-electron chi connectivity index (χ2n) is 5.18. The van der Waals surface area contributed by atoms with Crippen LogP contribution in [-0.2, 0) is 0 Å². The summed E-state index contributed by atoms with van der Waals surface area (Å²) < 4.78 is 0. The van der Waals surface area contributed by atoms with Gasteiger partial charge >= 0.3 is 0 Å². The Labute approximate surface area is 133 Å². The monoisotopic (exact) mass is 305 g/mol. The number of fused-ring (bicyclic) bond motifs is 1. The molecule has 1 N–H and O–H groups in total. The molecule has 0 spiro atoms. The Hall–Kier alpha value is -3.21. The molecule has 0 amide bonds. The molecule has 0 aromatic heterocycles. The maximum atomic E-state index is 10.8. The van der Waals surface area contributed by atoms with Crippen LogP contribution in [0.4, 0.5) is 11.4 Å². The first-order valence-electron chi connectivity index (χ1n) is 7.17. The van der Waals surface area contributed by atoms with Gasteiger partial charge in [-0.1, -0.05) is 42.5 Å². The molecule has 23 heavy (non-hydrogen) atoms. The third kappa shape index (κ3) is 3.35. The molecule has 0 radical (unpaired) electrons. The van der Waals surface area contributed by atoms with Gasteiger partial charge in [0.15, 0.2) is 0 Å². The summed E-state index contributed by atoms with van der Waals surface area (Å²) in [7, 11) is 0. The second kappa shape index (κ2) is 6.27. The molecule has 0 saturated carbocycles. The minimum atomic E-state index is -0.426. The molecule has 3 aromatic rings. The summed E-state index contributed by atoms with van der Waals surface area (Å²) in [4.78, 5) is 10.4. The molecule has 0 heterocycles. The van der Waals surface area contributed by atoms with Crippen molar-refractivity contribution in [1.29, 1.82) is 0 Å². The zero-order chi connectivity index (χ0) is 16.2. The fourth-order valence-corrected chi connectivity index (χ4v) is 2.32. The zero-order valence-electron chi connectivity index (χ0n) is 12.6. The number of nitro groups is 1. The van der Waals surface area contributed by atoms with Crippen LogP contribution >= 0.6 is 0 Å². The number of anilines is 1. The number of non-ortho nitro benzene ring substituents is 1. The third-order valence-electron chi connectivity index (χ3n) is 3.58. The van der Waals surface area contributed by atoms with Gasteiger partial charge in [0.25, 0.3) is 5.69 Å². The quantitative estimate of drug-likeness (QED) is 0.435. The lowest BCUT2D eigenvalue weighted by atomic mass is 10.0. The van der Waals surface area contributed by atoms with E-state index in [1.807, 2.05) is 25.1 Å². The third-order valence-corrected chi connectivity index (χ3v) is 3.58. The van der Waals surface area contributed by atoms with Crippen LogP contribution in [0.1, 0.15) is 12.5 Å². The van der Waals surface area contributed by atoms with Gasteiger partial charge in [0.05, 0.1) is 16.3 Å². The standard InChI is InChI=1S/C18H15N3O2/c1-13(15-10-9-14-5-2-3-6-16(14)11-15)19-20-17-7-4-8-18(12-17)21(22)23/h2-12,20H,1H3/b19-13+. The first kappa shape index (κ1) is 14.7. The first-order chi connectivity index (χ1) is 11.1. The number of benzene rings is 3. The molecule has 3 rings (SSSR count). The largest absolute Gasteiger partial charge is 0.278 e. The number of hydrogen-bond acceptors (Lipinski definition) is 4. The van der Waals surface area contributed by atoms with Crippen LogP contribution in [0, 0.1) is 10.1 Å². The van der Waals surface area contributed by atoms with Gasteiger partial charge in [-0.15, -0.1) is 0 Å². The normalized spacial score (nSPS) is 11.4. The fraction of sp³-hybridized carbons (Fsp3) is 0.0556. The smallest absolute Gasteiger partial charge is 0.271 e. The number of nitrogens with zero attached hydrogens (tertiary/aromatic N) is 2. The van der Waals surface area contributed by atoms with E-state index in [1.165, 1.54) is 17.5 Å². The van der Waals surface area contributed by atoms with E-state index in [-0.39, 0.29) is 5.69 Å². The van der Waals surface area contributed by atoms with Crippen molar-refractivity contribution in [2.75, 3.05) is 5.43 Å². The summed E-state index contributed by atoms with van der Waals surface area (Å²) in [6, 6.07) is 20.5. The van der Waals surface area contributed by atoms with Crippen LogP contribution < -0.4 is 5.43 Å². The average Bonchev–Trinajstić information content (AvgIpc) is 2.59. The van der Waals surface area contributed by atoms with Crippen molar-refractivity contribution in [3.8, 4) is 0 Å². The molecule has 0 bridgehead atoms. The minimum absolute atomic E-state index is 0.0357.